The molecule has 2 aromatic rings. The number of hydrogen-bond acceptors (Lipinski definition) is 5. The molecule has 0 N–H and O–H groups in total. The number of carbonyl (C=O) groups is 2. The van der Waals surface area contributed by atoms with Gasteiger partial charge in [-0.2, -0.15) is 0 Å². The van der Waals surface area contributed by atoms with Gasteiger partial charge in [-0.1, -0.05) is 6.07 Å². The van der Waals surface area contributed by atoms with Crippen LogP contribution in [-0.2, 0) is 16.0 Å². The Bertz CT molecular complexity index is 719. The minimum atomic E-state index is -0.283. The van der Waals surface area contributed by atoms with E-state index in [0.29, 0.717) is 29.0 Å². The summed E-state index contributed by atoms with van der Waals surface area (Å²) < 4.78 is 15.0. The molecule has 0 aromatic heterocycles. The molecule has 0 aliphatic rings. The molecule has 0 unspecified atom stereocenters. The molecule has 0 aliphatic carbocycles. The quantitative estimate of drug-likeness (QED) is 0.577. The van der Waals surface area contributed by atoms with Crippen LogP contribution < -0.4 is 9.47 Å². The highest BCUT2D eigenvalue weighted by Crippen LogP contribution is 2.24. The van der Waals surface area contributed by atoms with Gasteiger partial charge in [0.2, 0.25) is 0 Å². The van der Waals surface area contributed by atoms with Crippen molar-refractivity contribution in [2.45, 2.75) is 12.8 Å². The fraction of sp³-hybridized carbons (Fsp3) is 0.263. The van der Waals surface area contributed by atoms with E-state index < -0.39 is 0 Å². The second kappa shape index (κ2) is 8.15. The van der Waals surface area contributed by atoms with E-state index in [9.17, 15) is 9.59 Å². The van der Waals surface area contributed by atoms with Crippen LogP contribution in [0.25, 0.3) is 0 Å². The summed E-state index contributed by atoms with van der Waals surface area (Å²) in [6.45, 7) is 0. The first-order valence-corrected chi connectivity index (χ1v) is 7.51. The SMILES string of the molecule is COC(=O)CCc1ccc(OC)c(C(=O)c2ccc(OC)cc2)c1. The van der Waals surface area contributed by atoms with E-state index in [2.05, 4.69) is 4.74 Å². The molecular weight excluding hydrogens is 308 g/mol. The van der Waals surface area contributed by atoms with Crippen LogP contribution in [0, 0.1) is 0 Å². The number of ether oxygens (including phenoxy) is 3. The van der Waals surface area contributed by atoms with Crippen LogP contribution in [0.3, 0.4) is 0 Å². The average molecular weight is 328 g/mol. The molecule has 0 spiro atoms. The monoisotopic (exact) mass is 328 g/mol. The van der Waals surface area contributed by atoms with Crippen LogP contribution >= 0.6 is 0 Å². The summed E-state index contributed by atoms with van der Waals surface area (Å²) in [5.41, 5.74) is 1.88. The second-order valence-corrected chi connectivity index (χ2v) is 5.17. The van der Waals surface area contributed by atoms with Crippen molar-refractivity contribution in [3.8, 4) is 11.5 Å². The van der Waals surface area contributed by atoms with Crippen molar-refractivity contribution in [3.63, 3.8) is 0 Å². The van der Waals surface area contributed by atoms with Crippen LogP contribution in [-0.4, -0.2) is 33.1 Å². The normalized spacial score (nSPS) is 10.1. The molecule has 0 heterocycles. The predicted octanol–water partition coefficient (Wildman–Crippen LogP) is 3.04. The average Bonchev–Trinajstić information content (AvgIpc) is 2.65. The summed E-state index contributed by atoms with van der Waals surface area (Å²) in [7, 11) is 4.45. The molecule has 5 heteroatoms. The van der Waals surface area contributed by atoms with Crippen molar-refractivity contribution in [3.05, 3.63) is 59.2 Å². The molecule has 0 amide bonds. The maximum Gasteiger partial charge on any atom is 0.305 e. The Morgan fingerprint density at radius 2 is 1.62 bits per heavy atom. The van der Waals surface area contributed by atoms with E-state index in [1.807, 2.05) is 6.07 Å². The smallest absolute Gasteiger partial charge is 0.305 e. The number of carbonyl (C=O) groups excluding carboxylic acids is 2. The summed E-state index contributed by atoms with van der Waals surface area (Å²) >= 11 is 0. The lowest BCUT2D eigenvalue weighted by molar-refractivity contribution is -0.140. The van der Waals surface area contributed by atoms with E-state index in [-0.39, 0.29) is 18.2 Å². The number of esters is 1. The third-order valence-electron chi connectivity index (χ3n) is 3.71. The van der Waals surface area contributed by atoms with E-state index >= 15 is 0 Å². The van der Waals surface area contributed by atoms with Gasteiger partial charge in [0, 0.05) is 12.0 Å². The van der Waals surface area contributed by atoms with E-state index in [4.69, 9.17) is 9.47 Å². The lowest BCUT2D eigenvalue weighted by Gasteiger charge is -2.10. The maximum absolute atomic E-state index is 12.8. The summed E-state index contributed by atoms with van der Waals surface area (Å²) in [6.07, 6.45) is 0.762. The van der Waals surface area contributed by atoms with Gasteiger partial charge in [-0.15, -0.1) is 0 Å². The van der Waals surface area contributed by atoms with Gasteiger partial charge in [-0.3, -0.25) is 9.59 Å². The van der Waals surface area contributed by atoms with Crippen molar-refractivity contribution < 1.29 is 23.8 Å². The molecular formula is C19H20O5. The van der Waals surface area contributed by atoms with E-state index in [1.54, 1.807) is 43.5 Å². The molecule has 0 aliphatic heterocycles. The zero-order chi connectivity index (χ0) is 17.5. The number of benzene rings is 2. The van der Waals surface area contributed by atoms with Crippen LogP contribution in [0.4, 0.5) is 0 Å². The minimum absolute atomic E-state index is 0.144. The van der Waals surface area contributed by atoms with E-state index in [0.717, 1.165) is 5.56 Å². The van der Waals surface area contributed by atoms with Crippen molar-refractivity contribution in [1.82, 2.24) is 0 Å². The Hall–Kier alpha value is -2.82. The van der Waals surface area contributed by atoms with Gasteiger partial charge >= 0.3 is 5.97 Å². The molecule has 2 rings (SSSR count). The maximum atomic E-state index is 12.8. The number of methoxy groups -OCH3 is 3. The number of hydrogen-bond donors (Lipinski definition) is 0. The third-order valence-corrected chi connectivity index (χ3v) is 3.71. The summed E-state index contributed by atoms with van der Waals surface area (Å²) in [5.74, 6) is 0.756. The van der Waals surface area contributed by atoms with Gasteiger partial charge in [0.05, 0.1) is 26.9 Å². The van der Waals surface area contributed by atoms with Gasteiger partial charge in [-0.25, -0.2) is 0 Å². The predicted molar refractivity (Wildman–Crippen MR) is 89.8 cm³/mol. The molecule has 0 atom stereocenters. The van der Waals surface area contributed by atoms with Gasteiger partial charge in [0.1, 0.15) is 11.5 Å². The highest BCUT2D eigenvalue weighted by atomic mass is 16.5. The fourth-order valence-electron chi connectivity index (χ4n) is 2.33. The molecule has 0 fully saturated rings. The molecule has 5 nitrogen and oxygen atoms in total. The van der Waals surface area contributed by atoms with Crippen LogP contribution in [0.15, 0.2) is 42.5 Å². The zero-order valence-electron chi connectivity index (χ0n) is 14.0. The molecule has 2 aromatic carbocycles. The molecule has 0 saturated heterocycles. The topological polar surface area (TPSA) is 61.8 Å². The number of ketones is 1. The first kappa shape index (κ1) is 17.5. The first-order chi connectivity index (χ1) is 11.6. The van der Waals surface area contributed by atoms with E-state index in [1.165, 1.54) is 14.2 Å². The van der Waals surface area contributed by atoms with Crippen LogP contribution in [0.5, 0.6) is 11.5 Å². The Labute approximate surface area is 141 Å². The Morgan fingerprint density at radius 1 is 0.917 bits per heavy atom. The zero-order valence-corrected chi connectivity index (χ0v) is 14.0. The summed E-state index contributed by atoms with van der Waals surface area (Å²) in [5, 5.41) is 0. The molecule has 0 radical (unpaired) electrons. The highest BCUT2D eigenvalue weighted by molar-refractivity contribution is 6.10. The van der Waals surface area contributed by atoms with Gasteiger partial charge in [0.25, 0.3) is 0 Å². The second-order valence-electron chi connectivity index (χ2n) is 5.17. The van der Waals surface area contributed by atoms with Gasteiger partial charge < -0.3 is 14.2 Å². The highest BCUT2D eigenvalue weighted by Gasteiger charge is 2.16. The molecule has 126 valence electrons. The lowest BCUT2D eigenvalue weighted by atomic mass is 9.98. The van der Waals surface area contributed by atoms with Crippen molar-refractivity contribution in [1.29, 1.82) is 0 Å². The van der Waals surface area contributed by atoms with Crippen LogP contribution in [0.2, 0.25) is 0 Å². The van der Waals surface area contributed by atoms with Gasteiger partial charge in [0.15, 0.2) is 5.78 Å². The molecule has 24 heavy (non-hydrogen) atoms. The Kier molecular flexibility index (Phi) is 5.95. The molecule has 0 bridgehead atoms. The van der Waals surface area contributed by atoms with Crippen molar-refractivity contribution in [2.24, 2.45) is 0 Å². The minimum Gasteiger partial charge on any atom is -0.497 e. The molecule has 0 saturated carbocycles. The third kappa shape index (κ3) is 4.13. The fourth-order valence-corrected chi connectivity index (χ4v) is 2.33. The number of rotatable bonds is 7. The Balaban J connectivity index is 2.28. The van der Waals surface area contributed by atoms with Gasteiger partial charge in [-0.05, 0) is 48.4 Å². The Morgan fingerprint density at radius 3 is 2.21 bits per heavy atom. The summed E-state index contributed by atoms with van der Waals surface area (Å²) in [4.78, 5) is 24.0. The summed E-state index contributed by atoms with van der Waals surface area (Å²) in [6, 6.07) is 12.2. The largest absolute Gasteiger partial charge is 0.497 e. The van der Waals surface area contributed by atoms with Crippen molar-refractivity contribution in [2.75, 3.05) is 21.3 Å². The first-order valence-electron chi connectivity index (χ1n) is 7.51. The number of aryl methyl sites for hydroxylation is 1. The van der Waals surface area contributed by atoms with Crippen LogP contribution in [0.1, 0.15) is 27.9 Å². The standard InChI is InChI=1S/C19H20O5/c1-22-15-8-6-14(7-9-15)19(21)16-12-13(4-10-17(16)23-2)5-11-18(20)24-3/h4,6-10,12H,5,11H2,1-3H3. The lowest BCUT2D eigenvalue weighted by Crippen LogP contribution is -2.06. The van der Waals surface area contributed by atoms with Crippen molar-refractivity contribution >= 4 is 11.8 Å².